The third kappa shape index (κ3) is 4.49. The Morgan fingerprint density at radius 3 is 2.50 bits per heavy atom. The number of likely N-dealkylation sites (N-methyl/N-ethyl adjacent to an activating group) is 2. The molecule has 158 valence electrons. The normalized spacial score (nSPS) is 19.3. The van der Waals surface area contributed by atoms with Gasteiger partial charge in [-0.3, -0.25) is 14.5 Å². The van der Waals surface area contributed by atoms with Gasteiger partial charge >= 0.3 is 0 Å². The fraction of sp³-hybridized carbons (Fsp3) is 0.286. The van der Waals surface area contributed by atoms with Crippen molar-refractivity contribution in [2.75, 3.05) is 24.5 Å². The van der Waals surface area contributed by atoms with Crippen LogP contribution in [0.5, 0.6) is 0 Å². The number of thioether (sulfide) groups is 2. The number of amides is 2. The van der Waals surface area contributed by atoms with E-state index in [1.54, 1.807) is 17.8 Å². The average molecular weight is 478 g/mol. The maximum Gasteiger partial charge on any atom is 0.268 e. The van der Waals surface area contributed by atoms with Crippen molar-refractivity contribution in [3.05, 3.63) is 57.5 Å². The Bertz CT molecular complexity index is 971. The lowest BCUT2D eigenvalue weighted by molar-refractivity contribution is -0.123. The Labute approximate surface area is 196 Å². The van der Waals surface area contributed by atoms with Crippen molar-refractivity contribution in [1.82, 2.24) is 9.80 Å². The third-order valence-electron chi connectivity index (χ3n) is 4.64. The molecule has 1 fully saturated rings. The summed E-state index contributed by atoms with van der Waals surface area (Å²) in [4.78, 5) is 32.1. The number of thiol groups is 1. The monoisotopic (exact) mass is 477 g/mol. The Hall–Kier alpha value is -1.68. The Balaban J connectivity index is 1.77. The molecular formula is C21H23N3O2S4. The van der Waals surface area contributed by atoms with Crippen LogP contribution in [0.1, 0.15) is 20.8 Å². The molecule has 0 radical (unpaired) electrons. The van der Waals surface area contributed by atoms with Gasteiger partial charge in [0.05, 0.1) is 15.7 Å². The van der Waals surface area contributed by atoms with Crippen LogP contribution < -0.4 is 4.90 Å². The molecule has 0 atom stereocenters. The SMILES string of the molecule is CCN1C(=O)/C(=C(/S)N(CC)C(=O)C=CC=C2Sc3ccccc3N2CC)SC1=S. The maximum atomic E-state index is 12.8. The highest BCUT2D eigenvalue weighted by molar-refractivity contribution is 8.27. The molecule has 1 aromatic carbocycles. The topological polar surface area (TPSA) is 43.9 Å². The number of anilines is 1. The van der Waals surface area contributed by atoms with E-state index in [2.05, 4.69) is 36.6 Å². The molecular weight excluding hydrogens is 455 g/mol. The zero-order chi connectivity index (χ0) is 21.8. The quantitative estimate of drug-likeness (QED) is 0.359. The molecule has 0 aliphatic carbocycles. The summed E-state index contributed by atoms with van der Waals surface area (Å²) in [6.45, 7) is 7.56. The lowest BCUT2D eigenvalue weighted by atomic mass is 10.3. The van der Waals surface area contributed by atoms with Crippen LogP contribution in [0.2, 0.25) is 0 Å². The first-order chi connectivity index (χ1) is 14.4. The first kappa shape index (κ1) is 23.0. The highest BCUT2D eigenvalue weighted by atomic mass is 32.2. The summed E-state index contributed by atoms with van der Waals surface area (Å²) < 4.78 is 0.491. The van der Waals surface area contributed by atoms with Crippen molar-refractivity contribution in [2.24, 2.45) is 0 Å². The van der Waals surface area contributed by atoms with Gasteiger partial charge in [0.15, 0.2) is 0 Å². The lowest BCUT2D eigenvalue weighted by Gasteiger charge is -2.20. The molecule has 2 aliphatic rings. The number of carbonyl (C=O) groups excluding carboxylic acids is 2. The van der Waals surface area contributed by atoms with Crippen molar-refractivity contribution in [2.45, 2.75) is 25.7 Å². The van der Waals surface area contributed by atoms with Crippen LogP contribution in [-0.4, -0.2) is 45.6 Å². The smallest absolute Gasteiger partial charge is 0.268 e. The Kier molecular flexibility index (Phi) is 7.73. The highest BCUT2D eigenvalue weighted by Gasteiger charge is 2.34. The van der Waals surface area contributed by atoms with E-state index in [1.165, 1.54) is 38.2 Å². The predicted octanol–water partition coefficient (Wildman–Crippen LogP) is 4.84. The fourth-order valence-electron chi connectivity index (χ4n) is 3.14. The van der Waals surface area contributed by atoms with Crippen molar-refractivity contribution in [3.8, 4) is 0 Å². The molecule has 1 saturated heterocycles. The number of hydrogen-bond acceptors (Lipinski definition) is 7. The number of allylic oxidation sites excluding steroid dienone is 2. The van der Waals surface area contributed by atoms with Crippen LogP contribution in [0.4, 0.5) is 5.69 Å². The van der Waals surface area contributed by atoms with E-state index in [0.29, 0.717) is 27.3 Å². The standard InChI is InChI=1S/C21H23N3O2S4/c1-4-22-14-10-7-8-11-15(14)29-17(22)13-9-12-16(25)23(5-2)20(27)18-19(26)24(6-3)21(28)30-18/h7-13,27H,4-6H2,1-3H3/b12-9?,17-13?,20-18-. The molecule has 0 saturated carbocycles. The summed E-state index contributed by atoms with van der Waals surface area (Å²) in [5.41, 5.74) is 1.18. The second-order valence-corrected chi connectivity index (χ2v) is 9.46. The molecule has 5 nitrogen and oxygen atoms in total. The minimum absolute atomic E-state index is 0.200. The molecule has 1 aromatic rings. The van der Waals surface area contributed by atoms with Crippen LogP contribution >= 0.6 is 48.4 Å². The third-order valence-corrected chi connectivity index (χ3v) is 7.82. The van der Waals surface area contributed by atoms with Crippen molar-refractivity contribution >= 4 is 70.2 Å². The first-order valence-electron chi connectivity index (χ1n) is 9.64. The number of benzene rings is 1. The van der Waals surface area contributed by atoms with Crippen molar-refractivity contribution in [3.63, 3.8) is 0 Å². The van der Waals surface area contributed by atoms with Crippen LogP contribution in [-0.2, 0) is 9.59 Å². The lowest BCUT2D eigenvalue weighted by Crippen LogP contribution is -2.30. The molecule has 2 heterocycles. The van der Waals surface area contributed by atoms with E-state index in [0.717, 1.165) is 11.6 Å². The molecule has 30 heavy (non-hydrogen) atoms. The molecule has 0 unspecified atom stereocenters. The van der Waals surface area contributed by atoms with Gasteiger partial charge < -0.3 is 9.80 Å². The van der Waals surface area contributed by atoms with E-state index in [1.807, 2.05) is 32.1 Å². The van der Waals surface area contributed by atoms with Crippen LogP contribution in [0.25, 0.3) is 0 Å². The molecule has 0 spiro atoms. The molecule has 9 heteroatoms. The van der Waals surface area contributed by atoms with Crippen LogP contribution in [0.15, 0.2) is 62.4 Å². The van der Waals surface area contributed by atoms with Gasteiger partial charge in [0.1, 0.15) is 9.23 Å². The fourth-order valence-corrected chi connectivity index (χ4v) is 6.11. The number of fused-ring (bicyclic) bond motifs is 1. The van der Waals surface area contributed by atoms with Crippen LogP contribution in [0.3, 0.4) is 0 Å². The Morgan fingerprint density at radius 2 is 1.87 bits per heavy atom. The number of hydrogen-bond donors (Lipinski definition) is 1. The summed E-state index contributed by atoms with van der Waals surface area (Å²) in [6, 6.07) is 8.24. The van der Waals surface area contributed by atoms with E-state index in [4.69, 9.17) is 12.2 Å². The summed E-state index contributed by atoms with van der Waals surface area (Å²) in [6.07, 6.45) is 5.19. The van der Waals surface area contributed by atoms with Crippen LogP contribution in [0, 0.1) is 0 Å². The Morgan fingerprint density at radius 1 is 1.17 bits per heavy atom. The zero-order valence-electron chi connectivity index (χ0n) is 17.0. The summed E-state index contributed by atoms with van der Waals surface area (Å²) in [5, 5.41) is 1.41. The molecule has 0 aromatic heterocycles. The van der Waals surface area contributed by atoms with Gasteiger partial charge in [0.2, 0.25) is 0 Å². The number of nitrogens with zero attached hydrogens (tertiary/aromatic N) is 3. The van der Waals surface area contributed by atoms with E-state index < -0.39 is 0 Å². The van der Waals surface area contributed by atoms with Crippen molar-refractivity contribution in [1.29, 1.82) is 0 Å². The zero-order valence-corrected chi connectivity index (χ0v) is 20.3. The summed E-state index contributed by atoms with van der Waals surface area (Å²) in [7, 11) is 0. The van der Waals surface area contributed by atoms with Gasteiger partial charge in [-0.1, -0.05) is 54.0 Å². The van der Waals surface area contributed by atoms with Gasteiger partial charge in [-0.05, 0) is 39.0 Å². The second-order valence-electron chi connectivity index (χ2n) is 6.33. The molecule has 3 rings (SSSR count). The molecule has 0 bridgehead atoms. The van der Waals surface area contributed by atoms with Gasteiger partial charge in [0, 0.05) is 30.6 Å². The molecule has 2 amide bonds. The largest absolute Gasteiger partial charge is 0.335 e. The number of rotatable bonds is 6. The second kappa shape index (κ2) is 10.1. The molecule has 2 aliphatic heterocycles. The highest BCUT2D eigenvalue weighted by Crippen LogP contribution is 2.45. The number of para-hydroxylation sites is 1. The minimum atomic E-state index is -0.232. The number of carbonyl (C=O) groups is 2. The first-order valence-corrected chi connectivity index (χ1v) is 12.1. The maximum absolute atomic E-state index is 12.8. The van der Waals surface area contributed by atoms with E-state index in [-0.39, 0.29) is 11.8 Å². The minimum Gasteiger partial charge on any atom is -0.335 e. The van der Waals surface area contributed by atoms with E-state index >= 15 is 0 Å². The van der Waals surface area contributed by atoms with Gasteiger partial charge in [-0.25, -0.2) is 0 Å². The number of thiocarbonyl (C=S) groups is 1. The molecule has 0 N–H and O–H groups in total. The van der Waals surface area contributed by atoms with Gasteiger partial charge in [-0.2, -0.15) is 0 Å². The summed E-state index contributed by atoms with van der Waals surface area (Å²) in [5.74, 6) is -0.432. The average Bonchev–Trinajstić information content (AvgIpc) is 3.24. The summed E-state index contributed by atoms with van der Waals surface area (Å²) >= 11 is 12.6. The van der Waals surface area contributed by atoms with Crippen molar-refractivity contribution < 1.29 is 9.59 Å². The van der Waals surface area contributed by atoms with Gasteiger partial charge in [-0.15, -0.1) is 12.6 Å². The predicted molar refractivity (Wildman–Crippen MR) is 134 cm³/mol. The van der Waals surface area contributed by atoms with E-state index in [9.17, 15) is 9.59 Å². The van der Waals surface area contributed by atoms with Gasteiger partial charge in [0.25, 0.3) is 11.8 Å².